The van der Waals surface area contributed by atoms with Gasteiger partial charge in [-0.15, -0.1) is 0 Å². The van der Waals surface area contributed by atoms with Crippen LogP contribution >= 0.6 is 0 Å². The molecular formula is C20H22N2O6. The number of ether oxygens (including phenoxy) is 3. The van der Waals surface area contributed by atoms with Gasteiger partial charge in [0.2, 0.25) is 0 Å². The van der Waals surface area contributed by atoms with Crippen molar-refractivity contribution in [2.75, 3.05) is 27.4 Å². The highest BCUT2D eigenvalue weighted by Crippen LogP contribution is 2.40. The van der Waals surface area contributed by atoms with Crippen LogP contribution in [0.1, 0.15) is 29.7 Å². The lowest BCUT2D eigenvalue weighted by atomic mass is 9.88. The van der Waals surface area contributed by atoms with Crippen LogP contribution in [0, 0.1) is 10.1 Å². The number of hydrogen-bond acceptors (Lipinski definition) is 6. The highest BCUT2D eigenvalue weighted by atomic mass is 16.6. The zero-order valence-corrected chi connectivity index (χ0v) is 16.0. The number of nitrogens with zero attached hydrogens (tertiary/aromatic N) is 2. The molecule has 1 atom stereocenters. The van der Waals surface area contributed by atoms with Crippen LogP contribution in [-0.4, -0.2) is 43.3 Å². The van der Waals surface area contributed by atoms with Crippen molar-refractivity contribution in [2.24, 2.45) is 0 Å². The summed E-state index contributed by atoms with van der Waals surface area (Å²) < 4.78 is 15.9. The van der Waals surface area contributed by atoms with Gasteiger partial charge < -0.3 is 14.2 Å². The van der Waals surface area contributed by atoms with Gasteiger partial charge in [0.1, 0.15) is 0 Å². The summed E-state index contributed by atoms with van der Waals surface area (Å²) in [6, 6.07) is 9.61. The third kappa shape index (κ3) is 3.58. The molecule has 148 valence electrons. The van der Waals surface area contributed by atoms with Crippen molar-refractivity contribution in [1.82, 2.24) is 4.90 Å². The van der Waals surface area contributed by atoms with Gasteiger partial charge in [0.05, 0.1) is 31.8 Å². The zero-order chi connectivity index (χ0) is 20.3. The lowest BCUT2D eigenvalue weighted by molar-refractivity contribution is -0.385. The van der Waals surface area contributed by atoms with Crippen molar-refractivity contribution >= 4 is 11.8 Å². The van der Waals surface area contributed by atoms with Crippen LogP contribution in [0.3, 0.4) is 0 Å². The number of rotatable bonds is 5. The van der Waals surface area contributed by atoms with Gasteiger partial charge in [-0.1, -0.05) is 12.1 Å². The molecule has 1 aliphatic heterocycles. The van der Waals surface area contributed by atoms with Crippen LogP contribution < -0.4 is 9.47 Å². The molecule has 0 saturated carbocycles. The number of methoxy groups -OCH3 is 2. The summed E-state index contributed by atoms with van der Waals surface area (Å²) in [7, 11) is 3.08. The topological polar surface area (TPSA) is 91.1 Å². The third-order valence-electron chi connectivity index (χ3n) is 4.79. The number of non-ortho nitro benzene ring substituents is 1. The van der Waals surface area contributed by atoms with Crippen molar-refractivity contribution in [3.05, 3.63) is 63.2 Å². The van der Waals surface area contributed by atoms with Gasteiger partial charge in [-0.25, -0.2) is 4.79 Å². The Kier molecular flexibility index (Phi) is 5.67. The number of fused-ring (bicyclic) bond motifs is 1. The molecule has 3 rings (SSSR count). The molecule has 1 aliphatic rings. The van der Waals surface area contributed by atoms with E-state index >= 15 is 0 Å². The maximum Gasteiger partial charge on any atom is 0.410 e. The van der Waals surface area contributed by atoms with Crippen LogP contribution in [0.2, 0.25) is 0 Å². The number of benzene rings is 2. The Hall–Kier alpha value is -3.29. The Labute approximate surface area is 162 Å². The van der Waals surface area contributed by atoms with Crippen molar-refractivity contribution in [3.63, 3.8) is 0 Å². The average molecular weight is 386 g/mol. The molecule has 8 nitrogen and oxygen atoms in total. The van der Waals surface area contributed by atoms with E-state index in [4.69, 9.17) is 14.2 Å². The van der Waals surface area contributed by atoms with Gasteiger partial charge in [0, 0.05) is 18.7 Å². The second kappa shape index (κ2) is 8.16. The van der Waals surface area contributed by atoms with E-state index in [2.05, 4.69) is 0 Å². The van der Waals surface area contributed by atoms with E-state index < -0.39 is 17.1 Å². The Bertz CT molecular complexity index is 898. The maximum absolute atomic E-state index is 12.6. The molecule has 8 heteroatoms. The van der Waals surface area contributed by atoms with E-state index in [1.807, 2.05) is 6.07 Å². The predicted molar refractivity (Wildman–Crippen MR) is 102 cm³/mol. The molecule has 1 amide bonds. The van der Waals surface area contributed by atoms with E-state index in [-0.39, 0.29) is 12.3 Å². The van der Waals surface area contributed by atoms with E-state index in [0.717, 1.165) is 11.1 Å². The van der Waals surface area contributed by atoms with Gasteiger partial charge in [-0.3, -0.25) is 15.0 Å². The molecule has 0 radical (unpaired) electrons. The molecule has 0 N–H and O–H groups in total. The van der Waals surface area contributed by atoms with E-state index in [1.165, 1.54) is 19.2 Å². The molecule has 0 bridgehead atoms. The molecule has 28 heavy (non-hydrogen) atoms. The first-order valence-corrected chi connectivity index (χ1v) is 8.92. The predicted octanol–water partition coefficient (Wildman–Crippen LogP) is 3.72. The Morgan fingerprint density at radius 1 is 1.18 bits per heavy atom. The van der Waals surface area contributed by atoms with Crippen molar-refractivity contribution in [1.29, 1.82) is 0 Å². The van der Waals surface area contributed by atoms with Crippen LogP contribution in [-0.2, 0) is 11.2 Å². The van der Waals surface area contributed by atoms with Crippen molar-refractivity contribution in [2.45, 2.75) is 19.4 Å². The first-order chi connectivity index (χ1) is 13.5. The van der Waals surface area contributed by atoms with Crippen LogP contribution in [0.5, 0.6) is 11.5 Å². The number of nitro benzene ring substituents is 1. The summed E-state index contributed by atoms with van der Waals surface area (Å²) in [6.45, 7) is 2.44. The summed E-state index contributed by atoms with van der Waals surface area (Å²) in [5, 5.41) is 11.3. The van der Waals surface area contributed by atoms with E-state index in [9.17, 15) is 14.9 Å². The van der Waals surface area contributed by atoms with Crippen molar-refractivity contribution in [3.8, 4) is 11.5 Å². The lowest BCUT2D eigenvalue weighted by Crippen LogP contribution is -2.41. The van der Waals surface area contributed by atoms with Gasteiger partial charge >= 0.3 is 6.09 Å². The molecule has 1 heterocycles. The normalized spacial score (nSPS) is 15.5. The molecule has 0 aliphatic carbocycles. The number of hydrogen-bond donors (Lipinski definition) is 0. The second-order valence-corrected chi connectivity index (χ2v) is 6.30. The van der Waals surface area contributed by atoms with Crippen LogP contribution in [0.25, 0.3) is 0 Å². The van der Waals surface area contributed by atoms with E-state index in [0.29, 0.717) is 30.0 Å². The van der Waals surface area contributed by atoms with Gasteiger partial charge in [-0.05, 0) is 42.2 Å². The van der Waals surface area contributed by atoms with Crippen LogP contribution in [0.15, 0.2) is 36.4 Å². The molecule has 1 unspecified atom stereocenters. The summed E-state index contributed by atoms with van der Waals surface area (Å²) in [4.78, 5) is 25.1. The van der Waals surface area contributed by atoms with E-state index in [1.54, 1.807) is 37.1 Å². The van der Waals surface area contributed by atoms with Crippen molar-refractivity contribution < 1.29 is 23.9 Å². The standard InChI is InChI=1S/C20H22N2O6/c1-4-28-20(23)21-10-9-13-5-7-15(22(24)25)12-16(13)19(21)14-6-8-17(26-2)18(11-14)27-3/h5-8,11-12,19H,4,9-10H2,1-3H3. The fourth-order valence-corrected chi connectivity index (χ4v) is 3.50. The minimum absolute atomic E-state index is 0.0186. The van der Waals surface area contributed by atoms with Gasteiger partial charge in [0.25, 0.3) is 5.69 Å². The molecule has 2 aromatic carbocycles. The minimum Gasteiger partial charge on any atom is -0.493 e. The Morgan fingerprint density at radius 2 is 1.93 bits per heavy atom. The molecule has 0 spiro atoms. The monoisotopic (exact) mass is 386 g/mol. The third-order valence-corrected chi connectivity index (χ3v) is 4.79. The zero-order valence-electron chi connectivity index (χ0n) is 16.0. The fourth-order valence-electron chi connectivity index (χ4n) is 3.50. The minimum atomic E-state index is -0.525. The van der Waals surface area contributed by atoms with Gasteiger partial charge in [-0.2, -0.15) is 0 Å². The lowest BCUT2D eigenvalue weighted by Gasteiger charge is -2.37. The molecular weight excluding hydrogens is 364 g/mol. The van der Waals surface area contributed by atoms with Gasteiger partial charge in [0.15, 0.2) is 11.5 Å². The SMILES string of the molecule is CCOC(=O)N1CCc2ccc([N+](=O)[O-])cc2C1c1ccc(OC)c(OC)c1. The van der Waals surface area contributed by atoms with Crippen LogP contribution in [0.4, 0.5) is 10.5 Å². The molecule has 0 aromatic heterocycles. The largest absolute Gasteiger partial charge is 0.493 e. The maximum atomic E-state index is 12.6. The summed E-state index contributed by atoms with van der Waals surface area (Å²) in [5.74, 6) is 1.07. The smallest absolute Gasteiger partial charge is 0.410 e. The molecule has 0 saturated heterocycles. The molecule has 2 aromatic rings. The summed E-state index contributed by atoms with van der Waals surface area (Å²) in [6.07, 6.45) is 0.134. The average Bonchev–Trinajstić information content (AvgIpc) is 2.71. The first kappa shape index (κ1) is 19.5. The number of amides is 1. The highest BCUT2D eigenvalue weighted by Gasteiger charge is 2.34. The number of carbonyl (C=O) groups is 1. The highest BCUT2D eigenvalue weighted by molar-refractivity contribution is 5.70. The quantitative estimate of drug-likeness (QED) is 0.575. The Balaban J connectivity index is 2.16. The summed E-state index contributed by atoms with van der Waals surface area (Å²) in [5.41, 5.74) is 2.41. The number of carbonyl (C=O) groups excluding carboxylic acids is 1. The molecule has 0 fully saturated rings. The summed E-state index contributed by atoms with van der Waals surface area (Å²) >= 11 is 0. The fraction of sp³-hybridized carbons (Fsp3) is 0.350. The first-order valence-electron chi connectivity index (χ1n) is 8.92. The Morgan fingerprint density at radius 3 is 2.57 bits per heavy atom. The second-order valence-electron chi connectivity index (χ2n) is 6.30. The number of nitro groups is 1.